The summed E-state index contributed by atoms with van der Waals surface area (Å²) in [6.45, 7) is 1.28. The van der Waals surface area contributed by atoms with Gasteiger partial charge in [-0.05, 0) is 35.7 Å². The Morgan fingerprint density at radius 1 is 0.895 bits per heavy atom. The highest BCUT2D eigenvalue weighted by Crippen LogP contribution is 2.48. The van der Waals surface area contributed by atoms with Crippen molar-refractivity contribution in [3.05, 3.63) is 95.6 Å². The van der Waals surface area contributed by atoms with E-state index in [1.54, 1.807) is 36.4 Å². The molecule has 0 aliphatic heterocycles. The second-order valence-corrected chi connectivity index (χ2v) is 9.60. The van der Waals surface area contributed by atoms with Gasteiger partial charge in [-0.1, -0.05) is 66.7 Å². The number of hydrogen-bond donors (Lipinski definition) is 2. The number of carbonyl (C=O) groups is 3. The highest BCUT2D eigenvalue weighted by atomic mass is 16.5. The molecule has 0 radical (unpaired) electrons. The van der Waals surface area contributed by atoms with E-state index in [-0.39, 0.29) is 24.7 Å². The Hall–Kier alpha value is -4.17. The maximum atomic E-state index is 13.5. The Kier molecular flexibility index (Phi) is 8.12. The number of esters is 2. The summed E-state index contributed by atoms with van der Waals surface area (Å²) in [5.74, 6) is -6.00. The second kappa shape index (κ2) is 11.5. The van der Waals surface area contributed by atoms with Gasteiger partial charge >= 0.3 is 11.9 Å². The van der Waals surface area contributed by atoms with Gasteiger partial charge in [0.05, 0.1) is 18.6 Å². The first-order valence-corrected chi connectivity index (χ1v) is 12.2. The van der Waals surface area contributed by atoms with Crippen molar-refractivity contribution >= 4 is 17.7 Å². The van der Waals surface area contributed by atoms with Crippen LogP contribution >= 0.6 is 0 Å². The molecule has 1 saturated carbocycles. The minimum atomic E-state index is -1.81. The number of methoxy groups -OCH3 is 1. The molecule has 3 aromatic carbocycles. The van der Waals surface area contributed by atoms with Gasteiger partial charge in [0.1, 0.15) is 19.1 Å². The second-order valence-electron chi connectivity index (χ2n) is 9.60. The van der Waals surface area contributed by atoms with E-state index in [0.717, 1.165) is 11.1 Å². The average Bonchev–Trinajstić information content (AvgIpc) is 2.91. The molecule has 1 fully saturated rings. The average molecular weight is 519 g/mol. The summed E-state index contributed by atoms with van der Waals surface area (Å²) in [7, 11) is 1.36. The number of ether oxygens (including phenoxy) is 3. The Bertz CT molecular complexity index is 1290. The molecule has 38 heavy (non-hydrogen) atoms. The largest absolute Gasteiger partial charge is 0.504 e. The number of Topliss-reactive ketones (excluding diaryl/α,β-unsaturated/α-hetero) is 1. The number of benzene rings is 3. The first-order chi connectivity index (χ1) is 18.2. The summed E-state index contributed by atoms with van der Waals surface area (Å²) < 4.78 is 16.3. The van der Waals surface area contributed by atoms with Crippen LogP contribution in [0.4, 0.5) is 0 Å². The first kappa shape index (κ1) is 26.9. The molecule has 0 aromatic heterocycles. The van der Waals surface area contributed by atoms with Gasteiger partial charge in [-0.25, -0.2) is 0 Å². The van der Waals surface area contributed by atoms with Crippen molar-refractivity contribution < 1.29 is 38.8 Å². The zero-order valence-electron chi connectivity index (χ0n) is 21.2. The molecule has 3 aromatic rings. The fourth-order valence-electron chi connectivity index (χ4n) is 4.95. The molecular formula is C30H30O8. The third kappa shape index (κ3) is 5.86. The maximum absolute atomic E-state index is 13.5. The number of rotatable bonds is 8. The number of phenolic OH excluding ortho intramolecular Hbond substituents is 1. The van der Waals surface area contributed by atoms with Crippen molar-refractivity contribution in [2.24, 2.45) is 11.8 Å². The number of carbonyl (C=O) groups excluding carboxylic acids is 3. The Labute approximate surface area is 220 Å². The van der Waals surface area contributed by atoms with Crippen molar-refractivity contribution in [2.45, 2.75) is 38.1 Å². The van der Waals surface area contributed by atoms with E-state index >= 15 is 0 Å². The van der Waals surface area contributed by atoms with Crippen LogP contribution < -0.4 is 4.74 Å². The zero-order valence-corrected chi connectivity index (χ0v) is 21.2. The normalized spacial score (nSPS) is 22.9. The Balaban J connectivity index is 1.71. The van der Waals surface area contributed by atoms with Gasteiger partial charge in [0.25, 0.3) is 0 Å². The summed E-state index contributed by atoms with van der Waals surface area (Å²) >= 11 is 0. The van der Waals surface area contributed by atoms with Crippen molar-refractivity contribution in [1.82, 2.24) is 0 Å². The molecule has 2 N–H and O–H groups in total. The molecule has 198 valence electrons. The number of aromatic hydroxyl groups is 1. The molecule has 4 atom stereocenters. The molecule has 8 heteroatoms. The molecule has 1 aliphatic rings. The third-order valence-electron chi connectivity index (χ3n) is 6.81. The lowest BCUT2D eigenvalue weighted by Crippen LogP contribution is -2.55. The molecule has 0 spiro atoms. The fourth-order valence-corrected chi connectivity index (χ4v) is 4.95. The summed E-state index contributed by atoms with van der Waals surface area (Å²) in [6.07, 6.45) is -0.436. The minimum Gasteiger partial charge on any atom is -0.504 e. The molecule has 0 saturated heterocycles. The van der Waals surface area contributed by atoms with E-state index in [1.165, 1.54) is 32.2 Å². The number of hydrogen-bond acceptors (Lipinski definition) is 8. The van der Waals surface area contributed by atoms with Gasteiger partial charge in [-0.15, -0.1) is 0 Å². The lowest BCUT2D eigenvalue weighted by Gasteiger charge is -2.43. The van der Waals surface area contributed by atoms with Crippen LogP contribution in [0.15, 0.2) is 78.9 Å². The van der Waals surface area contributed by atoms with Gasteiger partial charge in [0, 0.05) is 12.3 Å². The molecule has 8 nitrogen and oxygen atoms in total. The highest BCUT2D eigenvalue weighted by Gasteiger charge is 2.57. The van der Waals surface area contributed by atoms with Crippen LogP contribution in [0.25, 0.3) is 0 Å². The van der Waals surface area contributed by atoms with E-state index < -0.39 is 47.5 Å². The molecule has 4 rings (SSSR count). The van der Waals surface area contributed by atoms with Gasteiger partial charge in [-0.3, -0.25) is 14.4 Å². The van der Waals surface area contributed by atoms with E-state index in [9.17, 15) is 24.6 Å². The summed E-state index contributed by atoms with van der Waals surface area (Å²) in [4.78, 5) is 40.2. The lowest BCUT2D eigenvalue weighted by atomic mass is 9.61. The van der Waals surface area contributed by atoms with Crippen LogP contribution in [-0.2, 0) is 37.1 Å². The van der Waals surface area contributed by atoms with Crippen molar-refractivity contribution in [3.8, 4) is 11.5 Å². The van der Waals surface area contributed by atoms with Crippen LogP contribution in [0.5, 0.6) is 11.5 Å². The van der Waals surface area contributed by atoms with Gasteiger partial charge in [-0.2, -0.15) is 0 Å². The van der Waals surface area contributed by atoms with E-state index in [4.69, 9.17) is 14.2 Å². The topological polar surface area (TPSA) is 119 Å². The van der Waals surface area contributed by atoms with Crippen molar-refractivity contribution in [3.63, 3.8) is 0 Å². The van der Waals surface area contributed by atoms with Crippen LogP contribution in [0.1, 0.15) is 36.0 Å². The Morgan fingerprint density at radius 3 is 2.00 bits per heavy atom. The molecule has 1 aliphatic carbocycles. The highest BCUT2D eigenvalue weighted by molar-refractivity contribution is 6.02. The molecule has 0 bridgehead atoms. The van der Waals surface area contributed by atoms with Crippen molar-refractivity contribution in [1.29, 1.82) is 0 Å². The van der Waals surface area contributed by atoms with Crippen LogP contribution in [0.3, 0.4) is 0 Å². The number of phenols is 1. The zero-order chi connectivity index (χ0) is 27.3. The van der Waals surface area contributed by atoms with Crippen LogP contribution in [0, 0.1) is 11.8 Å². The molecule has 0 amide bonds. The van der Waals surface area contributed by atoms with Gasteiger partial charge in [0.2, 0.25) is 0 Å². The summed E-state index contributed by atoms with van der Waals surface area (Å²) in [5, 5.41) is 21.5. The predicted molar refractivity (Wildman–Crippen MR) is 137 cm³/mol. The smallest absolute Gasteiger partial charge is 0.317 e. The van der Waals surface area contributed by atoms with Gasteiger partial charge in [0.15, 0.2) is 17.3 Å². The molecular weight excluding hydrogens is 488 g/mol. The SMILES string of the molecule is COc1cc([C@H]2[C@H](C(=O)OCc3ccccc3)C(=O)C[C@@](C)(O)[C@H]2C(=O)OCc2ccccc2)ccc1O. The van der Waals surface area contributed by atoms with E-state index in [1.807, 2.05) is 24.3 Å². The summed E-state index contributed by atoms with van der Waals surface area (Å²) in [6, 6.07) is 22.3. The summed E-state index contributed by atoms with van der Waals surface area (Å²) in [5.41, 5.74) is 0.0137. The van der Waals surface area contributed by atoms with Gasteiger partial charge < -0.3 is 24.4 Å². The van der Waals surface area contributed by atoms with Crippen LogP contribution in [0.2, 0.25) is 0 Å². The van der Waals surface area contributed by atoms with E-state index in [2.05, 4.69) is 0 Å². The van der Waals surface area contributed by atoms with Crippen LogP contribution in [-0.4, -0.2) is 40.6 Å². The molecule has 0 heterocycles. The third-order valence-corrected chi connectivity index (χ3v) is 6.81. The first-order valence-electron chi connectivity index (χ1n) is 12.2. The minimum absolute atomic E-state index is 0.0467. The van der Waals surface area contributed by atoms with E-state index in [0.29, 0.717) is 5.56 Å². The number of aliphatic hydroxyl groups is 1. The lowest BCUT2D eigenvalue weighted by molar-refractivity contribution is -0.174. The Morgan fingerprint density at radius 2 is 1.45 bits per heavy atom. The monoisotopic (exact) mass is 518 g/mol. The quantitative estimate of drug-likeness (QED) is 0.340. The number of ketones is 1. The maximum Gasteiger partial charge on any atom is 0.317 e. The van der Waals surface area contributed by atoms with Crippen molar-refractivity contribution in [2.75, 3.05) is 7.11 Å². The fraction of sp³-hybridized carbons (Fsp3) is 0.300. The predicted octanol–water partition coefficient (Wildman–Crippen LogP) is 3.93. The molecule has 0 unspecified atom stereocenters. The standard InChI is InChI=1S/C30H30O8/c1-30(35)16-23(32)26(28(33)37-17-19-9-5-3-6-10-19)25(21-13-14-22(31)24(15-21)36-2)27(30)29(34)38-18-20-11-7-4-8-12-20/h3-15,25-27,31,35H,16-18H2,1-2H3/t25-,26+,27+,30+/m0/s1.